The van der Waals surface area contributed by atoms with Crippen molar-refractivity contribution in [2.75, 3.05) is 4.90 Å². The summed E-state index contributed by atoms with van der Waals surface area (Å²) in [6.07, 6.45) is 0.809. The SMILES string of the molecule is CC(=O)N(c1nc(COc2ccc3ccccc3c2C=O)cs1)c1c(C)cc(C)cc1Cl. The first-order valence-corrected chi connectivity index (χ1v) is 11.3. The minimum absolute atomic E-state index is 0.169. The van der Waals surface area contributed by atoms with Gasteiger partial charge in [0.15, 0.2) is 11.4 Å². The molecule has 0 radical (unpaired) electrons. The summed E-state index contributed by atoms with van der Waals surface area (Å²) in [7, 11) is 0. The molecule has 7 heteroatoms. The maximum atomic E-state index is 12.5. The number of nitrogens with zero attached hydrogens (tertiary/aromatic N) is 2. The Labute approximate surface area is 195 Å². The van der Waals surface area contributed by atoms with Crippen LogP contribution in [-0.2, 0) is 11.4 Å². The molecule has 0 bridgehead atoms. The molecule has 0 aliphatic rings. The first-order chi connectivity index (χ1) is 15.4. The highest BCUT2D eigenvalue weighted by Crippen LogP contribution is 2.37. The fourth-order valence-corrected chi connectivity index (χ4v) is 4.98. The quantitative estimate of drug-likeness (QED) is 0.300. The molecule has 0 fully saturated rings. The molecule has 1 heterocycles. The van der Waals surface area contributed by atoms with Crippen LogP contribution in [0.25, 0.3) is 10.8 Å². The number of thiazole rings is 1. The first-order valence-electron chi connectivity index (χ1n) is 10.0. The van der Waals surface area contributed by atoms with Crippen LogP contribution >= 0.6 is 22.9 Å². The van der Waals surface area contributed by atoms with E-state index in [4.69, 9.17) is 16.3 Å². The molecule has 0 aliphatic carbocycles. The van der Waals surface area contributed by atoms with Gasteiger partial charge in [0.2, 0.25) is 5.91 Å². The highest BCUT2D eigenvalue weighted by atomic mass is 35.5. The van der Waals surface area contributed by atoms with Gasteiger partial charge in [-0.15, -0.1) is 11.3 Å². The van der Waals surface area contributed by atoms with E-state index in [1.165, 1.54) is 23.2 Å². The zero-order valence-electron chi connectivity index (χ0n) is 17.9. The van der Waals surface area contributed by atoms with Crippen LogP contribution in [0.3, 0.4) is 0 Å². The van der Waals surface area contributed by atoms with E-state index < -0.39 is 0 Å². The third kappa shape index (κ3) is 4.24. The third-order valence-electron chi connectivity index (χ3n) is 5.09. The maximum absolute atomic E-state index is 12.5. The van der Waals surface area contributed by atoms with Crippen molar-refractivity contribution < 1.29 is 14.3 Å². The number of hydrogen-bond donors (Lipinski definition) is 0. The van der Waals surface area contributed by atoms with Crippen molar-refractivity contribution in [3.05, 3.63) is 81.3 Å². The second kappa shape index (κ2) is 9.10. The average molecular weight is 465 g/mol. The minimum Gasteiger partial charge on any atom is -0.486 e. The summed E-state index contributed by atoms with van der Waals surface area (Å²) in [6.45, 7) is 5.53. The molecular weight excluding hydrogens is 444 g/mol. The van der Waals surface area contributed by atoms with Crippen LogP contribution in [0.1, 0.15) is 34.1 Å². The number of aromatic nitrogens is 1. The van der Waals surface area contributed by atoms with Crippen LogP contribution < -0.4 is 9.64 Å². The Morgan fingerprint density at radius 1 is 1.19 bits per heavy atom. The van der Waals surface area contributed by atoms with E-state index in [9.17, 15) is 9.59 Å². The standard InChI is InChI=1S/C25H21ClN2O3S/c1-15-10-16(2)24(22(26)11-15)28(17(3)30)25-27-19(14-32-25)13-31-23-9-8-18-6-4-5-7-20(18)21(23)12-29/h4-12,14H,13H2,1-3H3. The fourth-order valence-electron chi connectivity index (χ4n) is 3.72. The summed E-state index contributed by atoms with van der Waals surface area (Å²) in [5.74, 6) is 0.313. The molecule has 0 atom stereocenters. The number of aryl methyl sites for hydroxylation is 2. The largest absolute Gasteiger partial charge is 0.486 e. The maximum Gasteiger partial charge on any atom is 0.230 e. The monoisotopic (exact) mass is 464 g/mol. The van der Waals surface area contributed by atoms with Crippen LogP contribution in [0.2, 0.25) is 5.02 Å². The smallest absolute Gasteiger partial charge is 0.230 e. The van der Waals surface area contributed by atoms with E-state index in [1.807, 2.05) is 61.7 Å². The van der Waals surface area contributed by atoms with Gasteiger partial charge < -0.3 is 4.74 Å². The lowest BCUT2D eigenvalue weighted by Crippen LogP contribution is -2.24. The van der Waals surface area contributed by atoms with Crippen molar-refractivity contribution in [2.45, 2.75) is 27.4 Å². The van der Waals surface area contributed by atoms with Gasteiger partial charge in [-0.1, -0.05) is 48.0 Å². The summed E-state index contributed by atoms with van der Waals surface area (Å²) >= 11 is 7.81. The van der Waals surface area contributed by atoms with E-state index in [0.29, 0.717) is 32.8 Å². The van der Waals surface area contributed by atoms with Gasteiger partial charge in [0, 0.05) is 12.3 Å². The zero-order chi connectivity index (χ0) is 22.8. The number of halogens is 1. The molecule has 0 unspecified atom stereocenters. The molecule has 0 spiro atoms. The molecule has 0 saturated carbocycles. The molecule has 5 nitrogen and oxygen atoms in total. The summed E-state index contributed by atoms with van der Waals surface area (Å²) in [6, 6.07) is 15.2. The normalized spacial score (nSPS) is 10.9. The Hall–Kier alpha value is -3.22. The topological polar surface area (TPSA) is 59.5 Å². The van der Waals surface area contributed by atoms with E-state index in [-0.39, 0.29) is 12.5 Å². The van der Waals surface area contributed by atoms with Crippen molar-refractivity contribution in [2.24, 2.45) is 0 Å². The molecule has 162 valence electrons. The number of carbonyl (C=O) groups excluding carboxylic acids is 2. The van der Waals surface area contributed by atoms with Gasteiger partial charge in [0.25, 0.3) is 0 Å². The van der Waals surface area contributed by atoms with Crippen molar-refractivity contribution in [3.8, 4) is 5.75 Å². The Kier molecular flexibility index (Phi) is 6.26. The van der Waals surface area contributed by atoms with Crippen molar-refractivity contribution in [1.82, 2.24) is 4.98 Å². The molecule has 0 N–H and O–H groups in total. The van der Waals surface area contributed by atoms with Crippen LogP contribution in [0.5, 0.6) is 5.75 Å². The lowest BCUT2D eigenvalue weighted by Gasteiger charge is -2.22. The van der Waals surface area contributed by atoms with Crippen molar-refractivity contribution in [3.63, 3.8) is 0 Å². The second-order valence-electron chi connectivity index (χ2n) is 7.49. The zero-order valence-corrected chi connectivity index (χ0v) is 19.5. The molecule has 1 aromatic heterocycles. The minimum atomic E-state index is -0.182. The average Bonchev–Trinajstić information content (AvgIpc) is 3.22. The van der Waals surface area contributed by atoms with Gasteiger partial charge in [0.05, 0.1) is 22.0 Å². The number of amides is 1. The Bertz CT molecular complexity index is 1310. The lowest BCUT2D eigenvalue weighted by atomic mass is 10.0. The first kappa shape index (κ1) is 22.0. The number of anilines is 2. The second-order valence-corrected chi connectivity index (χ2v) is 8.74. The van der Waals surface area contributed by atoms with E-state index in [2.05, 4.69) is 4.98 Å². The number of rotatable bonds is 6. The molecule has 0 aliphatic heterocycles. The molecule has 4 aromatic rings. The van der Waals surface area contributed by atoms with E-state index >= 15 is 0 Å². The molecule has 1 amide bonds. The van der Waals surface area contributed by atoms with Gasteiger partial charge >= 0.3 is 0 Å². The van der Waals surface area contributed by atoms with Crippen LogP contribution in [-0.4, -0.2) is 17.2 Å². The Morgan fingerprint density at radius 3 is 2.69 bits per heavy atom. The van der Waals surface area contributed by atoms with Crippen molar-refractivity contribution in [1.29, 1.82) is 0 Å². The summed E-state index contributed by atoms with van der Waals surface area (Å²) in [5, 5.41) is 4.66. The molecular formula is C25H21ClN2O3S. The van der Waals surface area contributed by atoms with E-state index in [1.54, 1.807) is 6.07 Å². The van der Waals surface area contributed by atoms with Gasteiger partial charge in [-0.25, -0.2) is 4.98 Å². The number of hydrogen-bond acceptors (Lipinski definition) is 5. The van der Waals surface area contributed by atoms with Crippen LogP contribution in [0.15, 0.2) is 53.9 Å². The summed E-state index contributed by atoms with van der Waals surface area (Å²) in [4.78, 5) is 30.3. The highest BCUT2D eigenvalue weighted by molar-refractivity contribution is 7.14. The van der Waals surface area contributed by atoms with Crippen LogP contribution in [0.4, 0.5) is 10.8 Å². The number of benzene rings is 3. The summed E-state index contributed by atoms with van der Waals surface area (Å²) in [5.41, 5.74) is 3.71. The van der Waals surface area contributed by atoms with Crippen LogP contribution in [0, 0.1) is 13.8 Å². The third-order valence-corrected chi connectivity index (χ3v) is 6.25. The number of fused-ring (bicyclic) bond motifs is 1. The molecule has 3 aromatic carbocycles. The van der Waals surface area contributed by atoms with Gasteiger partial charge in [0.1, 0.15) is 12.4 Å². The van der Waals surface area contributed by atoms with Gasteiger partial charge in [-0.05, 0) is 47.9 Å². The van der Waals surface area contributed by atoms with Gasteiger partial charge in [-0.2, -0.15) is 0 Å². The summed E-state index contributed by atoms with van der Waals surface area (Å²) < 4.78 is 5.93. The van der Waals surface area contributed by atoms with Gasteiger partial charge in [-0.3, -0.25) is 14.5 Å². The number of aldehydes is 1. The highest BCUT2D eigenvalue weighted by Gasteiger charge is 2.23. The Balaban J connectivity index is 1.61. The number of ether oxygens (including phenoxy) is 1. The molecule has 4 rings (SSSR count). The Morgan fingerprint density at radius 2 is 1.97 bits per heavy atom. The lowest BCUT2D eigenvalue weighted by molar-refractivity contribution is -0.115. The number of carbonyl (C=O) groups is 2. The molecule has 0 saturated heterocycles. The van der Waals surface area contributed by atoms with Crippen molar-refractivity contribution >= 4 is 56.7 Å². The molecule has 32 heavy (non-hydrogen) atoms. The predicted octanol–water partition coefficient (Wildman–Crippen LogP) is 6.64. The fraction of sp³-hybridized carbons (Fsp3) is 0.160. The predicted molar refractivity (Wildman–Crippen MR) is 130 cm³/mol. The van der Waals surface area contributed by atoms with E-state index in [0.717, 1.165) is 28.2 Å².